The SMILES string of the molecule is Cc1cccc(C[NH+]2CCN(c3ncnc4sc5c(c34)CCCC5)CC2)c1. The number of hydrogen-bond acceptors (Lipinski definition) is 4. The molecule has 0 radical (unpaired) electrons. The molecule has 1 N–H and O–H groups in total. The van der Waals surface area contributed by atoms with Gasteiger partial charge in [0.05, 0.1) is 31.6 Å². The Kier molecular flexibility index (Phi) is 4.58. The van der Waals surface area contributed by atoms with E-state index >= 15 is 0 Å². The minimum Gasteiger partial charge on any atom is -0.345 e. The lowest BCUT2D eigenvalue weighted by atomic mass is 9.97. The average molecular weight is 380 g/mol. The largest absolute Gasteiger partial charge is 0.345 e. The van der Waals surface area contributed by atoms with E-state index < -0.39 is 0 Å². The maximum Gasteiger partial charge on any atom is 0.141 e. The molecule has 1 aliphatic carbocycles. The number of aryl methyl sites for hydroxylation is 3. The molecule has 3 heterocycles. The Bertz CT molecular complexity index is 956. The zero-order valence-corrected chi connectivity index (χ0v) is 16.8. The Labute approximate surface area is 164 Å². The molecule has 27 heavy (non-hydrogen) atoms. The van der Waals surface area contributed by atoms with Crippen LogP contribution in [0.5, 0.6) is 0 Å². The van der Waals surface area contributed by atoms with E-state index in [1.807, 2.05) is 11.3 Å². The summed E-state index contributed by atoms with van der Waals surface area (Å²) in [6.45, 7) is 7.81. The number of nitrogens with one attached hydrogen (secondary N) is 1. The molecule has 1 aromatic carbocycles. The molecule has 1 fully saturated rings. The van der Waals surface area contributed by atoms with Crippen LogP contribution >= 0.6 is 11.3 Å². The molecular formula is C22H27N4S+. The van der Waals surface area contributed by atoms with Crippen LogP contribution in [-0.4, -0.2) is 36.1 Å². The van der Waals surface area contributed by atoms with Gasteiger partial charge < -0.3 is 9.80 Å². The number of fused-ring (bicyclic) bond motifs is 3. The van der Waals surface area contributed by atoms with Gasteiger partial charge in [-0.05, 0) is 38.2 Å². The van der Waals surface area contributed by atoms with Crippen LogP contribution in [0.25, 0.3) is 10.2 Å². The fourth-order valence-electron chi connectivity index (χ4n) is 4.64. The summed E-state index contributed by atoms with van der Waals surface area (Å²) in [5, 5.41) is 1.36. The summed E-state index contributed by atoms with van der Waals surface area (Å²) in [5.41, 5.74) is 4.36. The lowest BCUT2D eigenvalue weighted by molar-refractivity contribution is -0.914. The van der Waals surface area contributed by atoms with Crippen molar-refractivity contribution in [1.29, 1.82) is 0 Å². The average Bonchev–Trinajstić information content (AvgIpc) is 3.07. The number of benzene rings is 1. The summed E-state index contributed by atoms with van der Waals surface area (Å²) in [5.74, 6) is 1.19. The van der Waals surface area contributed by atoms with Crippen molar-refractivity contribution in [3.8, 4) is 0 Å². The van der Waals surface area contributed by atoms with Gasteiger partial charge in [0.15, 0.2) is 0 Å². The standard InChI is InChI=1S/C22H26N4S/c1-16-5-4-6-17(13-16)14-25-9-11-26(12-10-25)21-20-18-7-2-3-8-19(18)27-22(20)24-15-23-21/h4-6,13,15H,2-3,7-12,14H2,1H3/p+1. The first-order valence-corrected chi connectivity index (χ1v) is 11.0. The molecule has 2 aliphatic rings. The lowest BCUT2D eigenvalue weighted by Crippen LogP contribution is -3.13. The first-order valence-electron chi connectivity index (χ1n) is 10.2. The van der Waals surface area contributed by atoms with Crippen LogP contribution in [0.1, 0.15) is 34.4 Å². The van der Waals surface area contributed by atoms with E-state index in [2.05, 4.69) is 41.1 Å². The molecule has 5 rings (SSSR count). The molecule has 0 amide bonds. The first kappa shape index (κ1) is 17.1. The van der Waals surface area contributed by atoms with Crippen LogP contribution in [0.4, 0.5) is 5.82 Å². The van der Waals surface area contributed by atoms with Crippen molar-refractivity contribution in [1.82, 2.24) is 9.97 Å². The highest BCUT2D eigenvalue weighted by atomic mass is 32.1. The van der Waals surface area contributed by atoms with Crippen LogP contribution in [0.15, 0.2) is 30.6 Å². The Hall–Kier alpha value is -1.98. The summed E-state index contributed by atoms with van der Waals surface area (Å²) in [6.07, 6.45) is 6.83. The number of nitrogens with zero attached hydrogens (tertiary/aromatic N) is 3. The van der Waals surface area contributed by atoms with Crippen molar-refractivity contribution in [3.05, 3.63) is 52.2 Å². The van der Waals surface area contributed by atoms with Gasteiger partial charge in [0.2, 0.25) is 0 Å². The fraction of sp³-hybridized carbons (Fsp3) is 0.455. The van der Waals surface area contributed by atoms with Crippen molar-refractivity contribution < 1.29 is 4.90 Å². The van der Waals surface area contributed by atoms with Crippen molar-refractivity contribution in [2.75, 3.05) is 31.1 Å². The van der Waals surface area contributed by atoms with Crippen LogP contribution in [0.3, 0.4) is 0 Å². The van der Waals surface area contributed by atoms with Gasteiger partial charge in [-0.15, -0.1) is 11.3 Å². The van der Waals surface area contributed by atoms with Gasteiger partial charge in [-0.2, -0.15) is 0 Å². The number of anilines is 1. The summed E-state index contributed by atoms with van der Waals surface area (Å²) < 4.78 is 0. The van der Waals surface area contributed by atoms with Gasteiger partial charge in [-0.25, -0.2) is 9.97 Å². The second kappa shape index (κ2) is 7.21. The second-order valence-corrected chi connectivity index (χ2v) is 9.07. The number of piperazine rings is 1. The predicted octanol–water partition coefficient (Wildman–Crippen LogP) is 2.78. The van der Waals surface area contributed by atoms with Gasteiger partial charge in [0.25, 0.3) is 0 Å². The van der Waals surface area contributed by atoms with Gasteiger partial charge in [-0.3, -0.25) is 0 Å². The van der Waals surface area contributed by atoms with Gasteiger partial charge in [0.1, 0.15) is 23.5 Å². The summed E-state index contributed by atoms with van der Waals surface area (Å²) in [6, 6.07) is 8.94. The second-order valence-electron chi connectivity index (χ2n) is 7.99. The summed E-state index contributed by atoms with van der Waals surface area (Å²) in [4.78, 5) is 16.3. The number of hydrogen-bond donors (Lipinski definition) is 1. The molecule has 0 saturated carbocycles. The number of thiophene rings is 1. The van der Waals surface area contributed by atoms with Gasteiger partial charge in [0, 0.05) is 10.4 Å². The molecule has 0 atom stereocenters. The third-order valence-corrected chi connectivity index (χ3v) is 7.24. The normalized spacial score (nSPS) is 18.0. The van der Waals surface area contributed by atoms with E-state index in [1.54, 1.807) is 21.7 Å². The smallest absolute Gasteiger partial charge is 0.141 e. The molecule has 2 aromatic heterocycles. The first-order chi connectivity index (χ1) is 13.3. The molecular weight excluding hydrogens is 352 g/mol. The van der Waals surface area contributed by atoms with Crippen LogP contribution in [-0.2, 0) is 19.4 Å². The van der Waals surface area contributed by atoms with E-state index in [-0.39, 0.29) is 0 Å². The van der Waals surface area contributed by atoms with Crippen LogP contribution < -0.4 is 9.80 Å². The minimum atomic E-state index is 1.08. The minimum absolute atomic E-state index is 1.08. The topological polar surface area (TPSA) is 33.5 Å². The molecule has 0 unspecified atom stereocenters. The molecule has 1 aliphatic heterocycles. The number of rotatable bonds is 3. The van der Waals surface area contributed by atoms with E-state index in [4.69, 9.17) is 4.98 Å². The Morgan fingerprint density at radius 3 is 2.81 bits per heavy atom. The summed E-state index contributed by atoms with van der Waals surface area (Å²) in [7, 11) is 0. The maximum atomic E-state index is 4.74. The van der Waals surface area contributed by atoms with E-state index in [0.717, 1.165) is 19.6 Å². The van der Waals surface area contributed by atoms with Crippen LogP contribution in [0, 0.1) is 6.92 Å². The van der Waals surface area contributed by atoms with E-state index in [0.29, 0.717) is 0 Å². The van der Waals surface area contributed by atoms with E-state index in [1.165, 1.54) is 65.9 Å². The monoisotopic (exact) mass is 379 g/mol. The highest BCUT2D eigenvalue weighted by Gasteiger charge is 2.26. The predicted molar refractivity (Wildman–Crippen MR) is 112 cm³/mol. The zero-order chi connectivity index (χ0) is 18.2. The molecule has 0 spiro atoms. The third kappa shape index (κ3) is 3.34. The Balaban J connectivity index is 1.34. The molecule has 1 saturated heterocycles. The lowest BCUT2D eigenvalue weighted by Gasteiger charge is -2.33. The Morgan fingerprint density at radius 2 is 1.96 bits per heavy atom. The third-order valence-electron chi connectivity index (χ3n) is 6.04. The van der Waals surface area contributed by atoms with Crippen LogP contribution in [0.2, 0.25) is 0 Å². The molecule has 0 bridgehead atoms. The van der Waals surface area contributed by atoms with Gasteiger partial charge >= 0.3 is 0 Å². The number of aromatic nitrogens is 2. The highest BCUT2D eigenvalue weighted by molar-refractivity contribution is 7.19. The van der Waals surface area contributed by atoms with E-state index in [9.17, 15) is 0 Å². The quantitative estimate of drug-likeness (QED) is 0.760. The zero-order valence-electron chi connectivity index (χ0n) is 16.0. The highest BCUT2D eigenvalue weighted by Crippen LogP contribution is 2.39. The van der Waals surface area contributed by atoms with Crippen molar-refractivity contribution >= 4 is 27.4 Å². The van der Waals surface area contributed by atoms with Crippen molar-refractivity contribution in [2.45, 2.75) is 39.2 Å². The Morgan fingerprint density at radius 1 is 1.11 bits per heavy atom. The van der Waals surface area contributed by atoms with Crippen molar-refractivity contribution in [2.24, 2.45) is 0 Å². The number of quaternary nitrogens is 1. The molecule has 5 heteroatoms. The fourth-order valence-corrected chi connectivity index (χ4v) is 5.86. The molecule has 140 valence electrons. The molecule has 3 aromatic rings. The maximum absolute atomic E-state index is 4.74. The van der Waals surface area contributed by atoms with Crippen molar-refractivity contribution in [3.63, 3.8) is 0 Å². The molecule has 4 nitrogen and oxygen atoms in total. The summed E-state index contributed by atoms with van der Waals surface area (Å²) >= 11 is 1.90. The van der Waals surface area contributed by atoms with Gasteiger partial charge in [-0.1, -0.05) is 29.8 Å².